The quantitative estimate of drug-likeness (QED) is 0.732. The van der Waals surface area contributed by atoms with Crippen LogP contribution in [0.25, 0.3) is 10.9 Å². The van der Waals surface area contributed by atoms with E-state index in [1.54, 1.807) is 0 Å². The molecule has 2 heterocycles. The molecule has 0 saturated carbocycles. The Morgan fingerprint density at radius 2 is 2.00 bits per heavy atom. The number of benzene rings is 1. The smallest absolute Gasteiger partial charge is 0.0704 e. The fourth-order valence-electron chi connectivity index (χ4n) is 1.98. The molecule has 1 fully saturated rings. The molecular formula is C12H12N2. The van der Waals surface area contributed by atoms with Gasteiger partial charge in [0.1, 0.15) is 0 Å². The average Bonchev–Trinajstić information content (AvgIpc) is 2.16. The van der Waals surface area contributed by atoms with Gasteiger partial charge in [-0.05, 0) is 17.7 Å². The molecule has 1 aromatic heterocycles. The molecule has 0 bridgehead atoms. The largest absolute Gasteiger partial charge is 0.315 e. The van der Waals surface area contributed by atoms with E-state index in [1.807, 2.05) is 12.3 Å². The molecule has 70 valence electrons. The molecule has 0 radical (unpaired) electrons. The van der Waals surface area contributed by atoms with Crippen molar-refractivity contribution in [1.82, 2.24) is 10.3 Å². The van der Waals surface area contributed by atoms with Gasteiger partial charge in [0.2, 0.25) is 0 Å². The number of nitrogens with one attached hydrogen (secondary N) is 1. The maximum atomic E-state index is 4.36. The van der Waals surface area contributed by atoms with E-state index in [-0.39, 0.29) is 0 Å². The zero-order chi connectivity index (χ0) is 9.38. The highest BCUT2D eigenvalue weighted by atomic mass is 14.9. The molecule has 1 N–H and O–H groups in total. The van der Waals surface area contributed by atoms with E-state index in [9.17, 15) is 0 Å². The summed E-state index contributed by atoms with van der Waals surface area (Å²) in [6.45, 7) is 2.21. The lowest BCUT2D eigenvalue weighted by Crippen LogP contribution is -2.39. The number of fused-ring (bicyclic) bond motifs is 1. The summed E-state index contributed by atoms with van der Waals surface area (Å²) in [6, 6.07) is 10.5. The molecule has 0 atom stereocenters. The number of nitrogens with zero attached hydrogens (tertiary/aromatic N) is 1. The highest BCUT2D eigenvalue weighted by Crippen LogP contribution is 2.26. The maximum absolute atomic E-state index is 4.36. The van der Waals surface area contributed by atoms with E-state index in [1.165, 1.54) is 10.9 Å². The van der Waals surface area contributed by atoms with Crippen molar-refractivity contribution >= 4 is 10.9 Å². The third-order valence-electron chi connectivity index (χ3n) is 2.90. The summed E-state index contributed by atoms with van der Waals surface area (Å²) >= 11 is 0. The summed E-state index contributed by atoms with van der Waals surface area (Å²) in [6.07, 6.45) is 1.91. The normalized spacial score (nSPS) is 16.9. The first-order chi connectivity index (χ1) is 6.95. The summed E-state index contributed by atoms with van der Waals surface area (Å²) in [5.41, 5.74) is 2.55. The molecule has 0 unspecified atom stereocenters. The van der Waals surface area contributed by atoms with Crippen LogP contribution in [0.4, 0.5) is 0 Å². The number of hydrogen-bond acceptors (Lipinski definition) is 2. The van der Waals surface area contributed by atoms with Gasteiger partial charge in [-0.25, -0.2) is 0 Å². The topological polar surface area (TPSA) is 24.9 Å². The second-order valence-electron chi connectivity index (χ2n) is 3.77. The Morgan fingerprint density at radius 3 is 2.79 bits per heavy atom. The van der Waals surface area contributed by atoms with Crippen LogP contribution < -0.4 is 5.32 Å². The molecule has 1 aromatic carbocycles. The van der Waals surface area contributed by atoms with Crippen LogP contribution in [0.15, 0.2) is 36.5 Å². The predicted octanol–water partition coefficient (Wildman–Crippen LogP) is 1.92. The summed E-state index contributed by atoms with van der Waals surface area (Å²) < 4.78 is 0. The van der Waals surface area contributed by atoms with Crippen LogP contribution >= 0.6 is 0 Å². The number of aromatic nitrogens is 1. The molecule has 1 aliphatic rings. The highest BCUT2D eigenvalue weighted by Gasteiger charge is 2.20. The number of para-hydroxylation sites is 1. The summed E-state index contributed by atoms with van der Waals surface area (Å²) in [5, 5.41) is 4.61. The van der Waals surface area contributed by atoms with Crippen LogP contribution in [0.3, 0.4) is 0 Å². The van der Waals surface area contributed by atoms with Gasteiger partial charge in [-0.2, -0.15) is 0 Å². The number of pyridine rings is 1. The van der Waals surface area contributed by atoms with Gasteiger partial charge in [0.05, 0.1) is 5.52 Å². The molecule has 14 heavy (non-hydrogen) atoms. The Labute approximate surface area is 83.0 Å². The first-order valence-corrected chi connectivity index (χ1v) is 4.99. The van der Waals surface area contributed by atoms with E-state index in [4.69, 9.17) is 0 Å². The minimum absolute atomic E-state index is 0.683. The van der Waals surface area contributed by atoms with E-state index in [0.717, 1.165) is 18.6 Å². The molecule has 0 amide bonds. The molecule has 1 aliphatic heterocycles. The Bertz CT molecular complexity index is 455. The van der Waals surface area contributed by atoms with E-state index >= 15 is 0 Å². The standard InChI is InChI=1S/C12H12N2/c1-2-4-12-11(3-1)10(5-6-14-12)9-7-13-8-9/h1-6,9,13H,7-8H2. The zero-order valence-electron chi connectivity index (χ0n) is 7.90. The lowest BCUT2D eigenvalue weighted by Gasteiger charge is -2.28. The second kappa shape index (κ2) is 3.07. The zero-order valence-corrected chi connectivity index (χ0v) is 7.90. The van der Waals surface area contributed by atoms with Crippen molar-refractivity contribution in [3.63, 3.8) is 0 Å². The predicted molar refractivity (Wildman–Crippen MR) is 57.4 cm³/mol. The molecule has 2 nitrogen and oxygen atoms in total. The van der Waals surface area contributed by atoms with Gasteiger partial charge in [-0.1, -0.05) is 18.2 Å². The van der Waals surface area contributed by atoms with Crippen molar-refractivity contribution in [2.45, 2.75) is 5.92 Å². The van der Waals surface area contributed by atoms with E-state index < -0.39 is 0 Å². The van der Waals surface area contributed by atoms with Crippen molar-refractivity contribution in [2.24, 2.45) is 0 Å². The van der Waals surface area contributed by atoms with E-state index in [0.29, 0.717) is 5.92 Å². The molecule has 0 spiro atoms. The molecule has 1 saturated heterocycles. The van der Waals surface area contributed by atoms with Gasteiger partial charge in [-0.3, -0.25) is 4.98 Å². The van der Waals surface area contributed by atoms with Gasteiger partial charge >= 0.3 is 0 Å². The lowest BCUT2D eigenvalue weighted by atomic mass is 9.91. The Balaban J connectivity index is 2.22. The minimum atomic E-state index is 0.683. The minimum Gasteiger partial charge on any atom is -0.315 e. The van der Waals surface area contributed by atoms with Crippen LogP contribution in [0.1, 0.15) is 11.5 Å². The van der Waals surface area contributed by atoms with Crippen LogP contribution in [-0.2, 0) is 0 Å². The highest BCUT2D eigenvalue weighted by molar-refractivity contribution is 5.82. The van der Waals surface area contributed by atoms with Crippen LogP contribution in [0.2, 0.25) is 0 Å². The second-order valence-corrected chi connectivity index (χ2v) is 3.77. The molecule has 2 heteroatoms. The monoisotopic (exact) mass is 184 g/mol. The summed E-state index contributed by atoms with van der Waals surface area (Å²) in [7, 11) is 0. The molecule has 2 aromatic rings. The van der Waals surface area contributed by atoms with Gasteiger partial charge < -0.3 is 5.32 Å². The van der Waals surface area contributed by atoms with Crippen molar-refractivity contribution in [3.8, 4) is 0 Å². The van der Waals surface area contributed by atoms with Gasteiger partial charge in [0, 0.05) is 30.6 Å². The van der Waals surface area contributed by atoms with E-state index in [2.05, 4.69) is 34.6 Å². The molecule has 0 aliphatic carbocycles. The Kier molecular flexibility index (Phi) is 1.74. The average molecular weight is 184 g/mol. The van der Waals surface area contributed by atoms with Gasteiger partial charge in [0.25, 0.3) is 0 Å². The maximum Gasteiger partial charge on any atom is 0.0704 e. The Morgan fingerprint density at radius 1 is 1.14 bits per heavy atom. The van der Waals surface area contributed by atoms with Crippen molar-refractivity contribution in [2.75, 3.05) is 13.1 Å². The first kappa shape index (κ1) is 7.94. The fraction of sp³-hybridized carbons (Fsp3) is 0.250. The summed E-state index contributed by atoms with van der Waals surface area (Å²) in [4.78, 5) is 4.36. The first-order valence-electron chi connectivity index (χ1n) is 4.99. The lowest BCUT2D eigenvalue weighted by molar-refractivity contribution is 0.450. The van der Waals surface area contributed by atoms with Crippen molar-refractivity contribution in [1.29, 1.82) is 0 Å². The third-order valence-corrected chi connectivity index (χ3v) is 2.90. The molecular weight excluding hydrogens is 172 g/mol. The van der Waals surface area contributed by atoms with Crippen LogP contribution in [-0.4, -0.2) is 18.1 Å². The van der Waals surface area contributed by atoms with Gasteiger partial charge in [0.15, 0.2) is 0 Å². The SMILES string of the molecule is c1ccc2c(C3CNC3)ccnc2c1. The third kappa shape index (κ3) is 1.11. The Hall–Kier alpha value is -1.41. The van der Waals surface area contributed by atoms with Crippen LogP contribution in [0, 0.1) is 0 Å². The van der Waals surface area contributed by atoms with Crippen molar-refractivity contribution < 1.29 is 0 Å². The summed E-state index contributed by atoms with van der Waals surface area (Å²) in [5.74, 6) is 0.683. The van der Waals surface area contributed by atoms with Crippen LogP contribution in [0.5, 0.6) is 0 Å². The van der Waals surface area contributed by atoms with Crippen molar-refractivity contribution in [3.05, 3.63) is 42.1 Å². The molecule has 3 rings (SSSR count). The fourth-order valence-corrected chi connectivity index (χ4v) is 1.98. The number of hydrogen-bond donors (Lipinski definition) is 1. The van der Waals surface area contributed by atoms with Gasteiger partial charge in [-0.15, -0.1) is 0 Å². The number of rotatable bonds is 1.